The molecule has 5 heteroatoms. The van der Waals surface area contributed by atoms with Crippen LogP contribution < -0.4 is 11.1 Å². The topological polar surface area (TPSA) is 75.4 Å². The third kappa shape index (κ3) is 4.56. The van der Waals surface area contributed by atoms with Crippen molar-refractivity contribution in [2.45, 2.75) is 38.6 Å². The molecular formula is C16H23N3O2. The number of amides is 2. The van der Waals surface area contributed by atoms with Crippen molar-refractivity contribution in [3.63, 3.8) is 0 Å². The van der Waals surface area contributed by atoms with Crippen molar-refractivity contribution in [3.05, 3.63) is 29.8 Å². The van der Waals surface area contributed by atoms with Crippen LogP contribution in [0.2, 0.25) is 0 Å². The first-order chi connectivity index (χ1) is 10.1. The maximum absolute atomic E-state index is 12.0. The van der Waals surface area contributed by atoms with Crippen LogP contribution >= 0.6 is 0 Å². The Labute approximate surface area is 125 Å². The Bertz CT molecular complexity index is 508. The summed E-state index contributed by atoms with van der Waals surface area (Å²) in [6.07, 6.45) is 2.17. The minimum atomic E-state index is -0.119. The zero-order valence-electron chi connectivity index (χ0n) is 12.5. The number of anilines is 1. The first kappa shape index (κ1) is 15.5. The van der Waals surface area contributed by atoms with Crippen molar-refractivity contribution in [1.29, 1.82) is 0 Å². The number of nitrogens with two attached hydrogens (primary N) is 1. The van der Waals surface area contributed by atoms with E-state index in [9.17, 15) is 9.59 Å². The van der Waals surface area contributed by atoms with Crippen molar-refractivity contribution in [1.82, 2.24) is 4.90 Å². The Balaban J connectivity index is 1.76. The fourth-order valence-corrected chi connectivity index (χ4v) is 2.45. The minimum Gasteiger partial charge on any atom is -0.343 e. The van der Waals surface area contributed by atoms with E-state index in [0.717, 1.165) is 24.1 Å². The van der Waals surface area contributed by atoms with Crippen molar-refractivity contribution in [2.75, 3.05) is 18.4 Å². The molecule has 0 aliphatic carbocycles. The van der Waals surface area contributed by atoms with Gasteiger partial charge in [-0.25, -0.2) is 0 Å². The molecule has 0 atom stereocenters. The standard InChI is InChI=1S/C16H23N3O2/c1-12-4-2-3-5-14(12)18-15(20)6-7-16(21)19-10-8-13(17)9-11-19/h2-5,13H,6-11,17H2,1H3,(H,18,20). The Morgan fingerprint density at radius 2 is 1.90 bits per heavy atom. The van der Waals surface area contributed by atoms with Crippen LogP contribution in [0.4, 0.5) is 5.69 Å². The molecule has 1 aliphatic heterocycles. The predicted octanol–water partition coefficient (Wildman–Crippen LogP) is 1.66. The molecule has 1 heterocycles. The van der Waals surface area contributed by atoms with Gasteiger partial charge in [0.05, 0.1) is 0 Å². The molecule has 0 spiro atoms. The SMILES string of the molecule is Cc1ccccc1NC(=O)CCC(=O)N1CCC(N)CC1. The second kappa shape index (κ2) is 7.22. The van der Waals surface area contributed by atoms with E-state index in [1.54, 1.807) is 0 Å². The van der Waals surface area contributed by atoms with E-state index < -0.39 is 0 Å². The average Bonchev–Trinajstić information content (AvgIpc) is 2.48. The normalized spacial score (nSPS) is 15.8. The molecular weight excluding hydrogens is 266 g/mol. The maximum Gasteiger partial charge on any atom is 0.224 e. The molecule has 21 heavy (non-hydrogen) atoms. The van der Waals surface area contributed by atoms with Gasteiger partial charge in [0, 0.05) is 37.7 Å². The molecule has 2 rings (SSSR count). The van der Waals surface area contributed by atoms with Gasteiger partial charge in [-0.3, -0.25) is 9.59 Å². The average molecular weight is 289 g/mol. The lowest BCUT2D eigenvalue weighted by Crippen LogP contribution is -2.43. The number of benzene rings is 1. The van der Waals surface area contributed by atoms with Crippen LogP contribution in [0.15, 0.2) is 24.3 Å². The van der Waals surface area contributed by atoms with Crippen molar-refractivity contribution >= 4 is 17.5 Å². The van der Waals surface area contributed by atoms with E-state index in [-0.39, 0.29) is 30.7 Å². The van der Waals surface area contributed by atoms with Gasteiger partial charge in [0.25, 0.3) is 0 Å². The van der Waals surface area contributed by atoms with Gasteiger partial charge in [-0.05, 0) is 31.4 Å². The van der Waals surface area contributed by atoms with Crippen molar-refractivity contribution in [2.24, 2.45) is 5.73 Å². The maximum atomic E-state index is 12.0. The predicted molar refractivity (Wildman–Crippen MR) is 82.8 cm³/mol. The number of nitrogens with zero attached hydrogens (tertiary/aromatic N) is 1. The van der Waals surface area contributed by atoms with E-state index in [1.807, 2.05) is 36.1 Å². The van der Waals surface area contributed by atoms with Crippen molar-refractivity contribution < 1.29 is 9.59 Å². The van der Waals surface area contributed by atoms with E-state index in [1.165, 1.54) is 0 Å². The van der Waals surface area contributed by atoms with E-state index in [0.29, 0.717) is 13.1 Å². The summed E-state index contributed by atoms with van der Waals surface area (Å²) in [6, 6.07) is 7.82. The molecule has 0 radical (unpaired) electrons. The quantitative estimate of drug-likeness (QED) is 0.885. The number of carbonyl (C=O) groups is 2. The first-order valence-electron chi connectivity index (χ1n) is 7.45. The smallest absolute Gasteiger partial charge is 0.224 e. The van der Waals surface area contributed by atoms with Crippen LogP contribution in [0.5, 0.6) is 0 Å². The molecule has 1 saturated heterocycles. The number of hydrogen-bond donors (Lipinski definition) is 2. The number of carbonyl (C=O) groups excluding carboxylic acids is 2. The second-order valence-electron chi connectivity index (χ2n) is 5.58. The van der Waals surface area contributed by atoms with Crippen LogP contribution in [0.1, 0.15) is 31.2 Å². The lowest BCUT2D eigenvalue weighted by molar-refractivity contribution is -0.133. The molecule has 1 aliphatic rings. The van der Waals surface area contributed by atoms with Crippen LogP contribution in [0.3, 0.4) is 0 Å². The molecule has 3 N–H and O–H groups in total. The third-order valence-electron chi connectivity index (χ3n) is 3.88. The lowest BCUT2D eigenvalue weighted by atomic mass is 10.1. The monoisotopic (exact) mass is 289 g/mol. The van der Waals surface area contributed by atoms with Crippen molar-refractivity contribution in [3.8, 4) is 0 Å². The summed E-state index contributed by atoms with van der Waals surface area (Å²) in [7, 11) is 0. The lowest BCUT2D eigenvalue weighted by Gasteiger charge is -2.30. The largest absolute Gasteiger partial charge is 0.343 e. The Morgan fingerprint density at radius 1 is 1.24 bits per heavy atom. The Kier molecular flexibility index (Phi) is 5.33. The Morgan fingerprint density at radius 3 is 2.57 bits per heavy atom. The molecule has 0 bridgehead atoms. The Hall–Kier alpha value is -1.88. The number of nitrogens with one attached hydrogen (secondary N) is 1. The number of rotatable bonds is 4. The molecule has 2 amide bonds. The highest BCUT2D eigenvalue weighted by Crippen LogP contribution is 2.14. The first-order valence-corrected chi connectivity index (χ1v) is 7.45. The molecule has 1 aromatic rings. The second-order valence-corrected chi connectivity index (χ2v) is 5.58. The summed E-state index contributed by atoms with van der Waals surface area (Å²) in [5, 5.41) is 2.85. The molecule has 1 aromatic carbocycles. The number of hydrogen-bond acceptors (Lipinski definition) is 3. The number of likely N-dealkylation sites (tertiary alicyclic amines) is 1. The van der Waals surface area contributed by atoms with E-state index in [2.05, 4.69) is 5.32 Å². The molecule has 0 aromatic heterocycles. The van der Waals surface area contributed by atoms with Gasteiger partial charge in [-0.2, -0.15) is 0 Å². The summed E-state index contributed by atoms with van der Waals surface area (Å²) in [6.45, 7) is 3.36. The summed E-state index contributed by atoms with van der Waals surface area (Å²) in [5.41, 5.74) is 7.64. The summed E-state index contributed by atoms with van der Waals surface area (Å²) < 4.78 is 0. The van der Waals surface area contributed by atoms with Crippen LogP contribution in [-0.4, -0.2) is 35.8 Å². The molecule has 1 fully saturated rings. The minimum absolute atomic E-state index is 0.0434. The van der Waals surface area contributed by atoms with Gasteiger partial charge in [-0.15, -0.1) is 0 Å². The van der Waals surface area contributed by atoms with Crippen LogP contribution in [0.25, 0.3) is 0 Å². The van der Waals surface area contributed by atoms with Gasteiger partial charge < -0.3 is 16.0 Å². The molecule has 5 nitrogen and oxygen atoms in total. The number of aryl methyl sites for hydroxylation is 1. The summed E-state index contributed by atoms with van der Waals surface area (Å²) >= 11 is 0. The summed E-state index contributed by atoms with van der Waals surface area (Å²) in [4.78, 5) is 25.7. The highest BCUT2D eigenvalue weighted by molar-refractivity contribution is 5.93. The summed E-state index contributed by atoms with van der Waals surface area (Å²) in [5.74, 6) is -0.0757. The van der Waals surface area contributed by atoms with Gasteiger partial charge in [0.1, 0.15) is 0 Å². The molecule has 114 valence electrons. The molecule has 0 unspecified atom stereocenters. The fourth-order valence-electron chi connectivity index (χ4n) is 2.45. The zero-order chi connectivity index (χ0) is 15.2. The van der Waals surface area contributed by atoms with Gasteiger partial charge >= 0.3 is 0 Å². The number of para-hydroxylation sites is 1. The fraction of sp³-hybridized carbons (Fsp3) is 0.500. The van der Waals surface area contributed by atoms with Crippen LogP contribution in [-0.2, 0) is 9.59 Å². The highest BCUT2D eigenvalue weighted by Gasteiger charge is 2.20. The van der Waals surface area contributed by atoms with E-state index >= 15 is 0 Å². The highest BCUT2D eigenvalue weighted by atomic mass is 16.2. The third-order valence-corrected chi connectivity index (χ3v) is 3.88. The van der Waals surface area contributed by atoms with Crippen LogP contribution in [0, 0.1) is 6.92 Å². The molecule has 0 saturated carbocycles. The van der Waals surface area contributed by atoms with E-state index in [4.69, 9.17) is 5.73 Å². The van der Waals surface area contributed by atoms with Gasteiger partial charge in [0.15, 0.2) is 0 Å². The van der Waals surface area contributed by atoms with Gasteiger partial charge in [-0.1, -0.05) is 18.2 Å². The number of piperidine rings is 1. The van der Waals surface area contributed by atoms with Gasteiger partial charge in [0.2, 0.25) is 11.8 Å². The zero-order valence-corrected chi connectivity index (χ0v) is 12.5.